The molecule has 2 aromatic heterocycles. The number of halogens is 1. The minimum Gasteiger partial charge on any atom is -0.361 e. The molecule has 1 aliphatic heterocycles. The third-order valence-electron chi connectivity index (χ3n) is 5.43. The van der Waals surface area contributed by atoms with Crippen molar-refractivity contribution in [3.63, 3.8) is 0 Å². The van der Waals surface area contributed by atoms with Crippen LogP contribution in [-0.2, 0) is 0 Å². The van der Waals surface area contributed by atoms with E-state index in [1.165, 1.54) is 16.5 Å². The van der Waals surface area contributed by atoms with Gasteiger partial charge in [0.25, 0.3) is 5.91 Å². The molecule has 0 unspecified atom stereocenters. The first kappa shape index (κ1) is 17.8. The van der Waals surface area contributed by atoms with Crippen molar-refractivity contribution in [1.29, 1.82) is 0 Å². The first-order chi connectivity index (χ1) is 14.2. The number of fused-ring (bicyclic) bond motifs is 1. The average Bonchev–Trinajstić information content (AvgIpc) is 3.41. The van der Waals surface area contributed by atoms with Gasteiger partial charge in [0.1, 0.15) is 0 Å². The normalized spacial score (nSPS) is 14.2. The number of hydrogen-bond donors (Lipinski definition) is 2. The number of hydrogen-bond acceptors (Lipinski definition) is 2. The summed E-state index contributed by atoms with van der Waals surface area (Å²) in [5.41, 5.74) is 5.82. The molecule has 144 valence electrons. The third-order valence-corrected chi connectivity index (χ3v) is 5.69. The Balaban J connectivity index is 1.38. The molecule has 0 fully saturated rings. The number of para-hydroxylation sites is 1. The van der Waals surface area contributed by atoms with E-state index in [2.05, 4.69) is 45.7 Å². The average molecular weight is 403 g/mol. The van der Waals surface area contributed by atoms with Crippen molar-refractivity contribution in [1.82, 2.24) is 20.1 Å². The lowest BCUT2D eigenvalue weighted by Crippen LogP contribution is -2.34. The summed E-state index contributed by atoms with van der Waals surface area (Å²) in [5, 5.41) is 8.93. The summed E-state index contributed by atoms with van der Waals surface area (Å²) >= 11 is 5.98. The molecule has 0 bridgehead atoms. The molecule has 0 aliphatic carbocycles. The van der Waals surface area contributed by atoms with Crippen molar-refractivity contribution >= 4 is 34.0 Å². The van der Waals surface area contributed by atoms with E-state index in [9.17, 15) is 4.79 Å². The van der Waals surface area contributed by atoms with Crippen LogP contribution in [0.1, 0.15) is 22.3 Å². The maximum atomic E-state index is 13.1. The second-order valence-electron chi connectivity index (χ2n) is 7.14. The van der Waals surface area contributed by atoms with Crippen molar-refractivity contribution in [2.75, 3.05) is 13.1 Å². The largest absolute Gasteiger partial charge is 0.361 e. The topological polar surface area (TPSA) is 64.8 Å². The number of nitrogens with one attached hydrogen (secondary N) is 2. The number of H-pyrrole nitrogens is 2. The van der Waals surface area contributed by atoms with Gasteiger partial charge in [-0.3, -0.25) is 9.89 Å². The van der Waals surface area contributed by atoms with E-state index in [-0.39, 0.29) is 5.91 Å². The van der Waals surface area contributed by atoms with Gasteiger partial charge < -0.3 is 9.88 Å². The molecule has 0 atom stereocenters. The molecule has 2 aromatic carbocycles. The van der Waals surface area contributed by atoms with Crippen LogP contribution in [0.15, 0.2) is 67.0 Å². The number of amides is 1. The summed E-state index contributed by atoms with van der Waals surface area (Å²) in [4.78, 5) is 18.3. The number of nitrogens with zero attached hydrogens (tertiary/aromatic N) is 2. The van der Waals surface area contributed by atoms with Gasteiger partial charge >= 0.3 is 0 Å². The molecule has 4 aromatic rings. The second kappa shape index (κ2) is 7.26. The van der Waals surface area contributed by atoms with E-state index in [1.54, 1.807) is 6.20 Å². The van der Waals surface area contributed by atoms with Gasteiger partial charge in [0.2, 0.25) is 0 Å². The summed E-state index contributed by atoms with van der Waals surface area (Å²) < 4.78 is 0. The lowest BCUT2D eigenvalue weighted by molar-refractivity contribution is 0.0773. The molecule has 3 heterocycles. The summed E-state index contributed by atoms with van der Waals surface area (Å²) in [5.74, 6) is -0.0158. The molecular weight excluding hydrogens is 384 g/mol. The zero-order chi connectivity index (χ0) is 19.8. The lowest BCUT2D eigenvalue weighted by Gasteiger charge is -2.26. The highest BCUT2D eigenvalue weighted by Crippen LogP contribution is 2.30. The van der Waals surface area contributed by atoms with E-state index in [0.717, 1.165) is 23.2 Å². The van der Waals surface area contributed by atoms with E-state index in [4.69, 9.17) is 11.6 Å². The van der Waals surface area contributed by atoms with Crippen LogP contribution in [0.25, 0.3) is 27.7 Å². The lowest BCUT2D eigenvalue weighted by atomic mass is 9.98. The van der Waals surface area contributed by atoms with Crippen molar-refractivity contribution in [2.45, 2.75) is 6.42 Å². The van der Waals surface area contributed by atoms with Gasteiger partial charge in [-0.15, -0.1) is 0 Å². The zero-order valence-corrected chi connectivity index (χ0v) is 16.4. The van der Waals surface area contributed by atoms with Crippen LogP contribution in [0, 0.1) is 0 Å². The summed E-state index contributed by atoms with van der Waals surface area (Å²) in [7, 11) is 0. The van der Waals surface area contributed by atoms with Crippen molar-refractivity contribution < 1.29 is 4.79 Å². The summed E-state index contributed by atoms with van der Waals surface area (Å²) in [6, 6.07) is 15.7. The smallest absolute Gasteiger partial charge is 0.257 e. The van der Waals surface area contributed by atoms with Crippen molar-refractivity contribution in [2.24, 2.45) is 0 Å². The Bertz CT molecular complexity index is 1220. The third kappa shape index (κ3) is 3.23. The first-order valence-electron chi connectivity index (χ1n) is 9.55. The monoisotopic (exact) mass is 402 g/mol. The number of carbonyl (C=O) groups excluding carboxylic acids is 1. The van der Waals surface area contributed by atoms with E-state index in [1.807, 2.05) is 35.2 Å². The molecule has 6 heteroatoms. The van der Waals surface area contributed by atoms with E-state index in [0.29, 0.717) is 23.7 Å². The second-order valence-corrected chi connectivity index (χ2v) is 7.58. The fourth-order valence-electron chi connectivity index (χ4n) is 3.89. The highest BCUT2D eigenvalue weighted by molar-refractivity contribution is 6.30. The molecule has 0 saturated carbocycles. The predicted octanol–water partition coefficient (Wildman–Crippen LogP) is 5.14. The molecule has 0 radical (unpaired) electrons. The number of aromatic nitrogens is 3. The molecule has 0 spiro atoms. The number of carbonyl (C=O) groups is 1. The van der Waals surface area contributed by atoms with Crippen LogP contribution < -0.4 is 0 Å². The quantitative estimate of drug-likeness (QED) is 0.498. The number of rotatable bonds is 3. The molecular formula is C23H19ClN4O. The Hall–Kier alpha value is -3.31. The molecule has 5 nitrogen and oxygen atoms in total. The summed E-state index contributed by atoms with van der Waals surface area (Å²) in [6.07, 6.45) is 6.63. The standard InChI is InChI=1S/C23H19ClN4O/c24-17-7-5-16(6-8-17)22-20(14-26-27-22)23(29)28-11-9-15(10-12-28)19-13-25-21-4-2-1-3-18(19)21/h1-9,13-14,25H,10-12H2,(H,26,27). The molecule has 1 amide bonds. The van der Waals surface area contributed by atoms with Crippen LogP contribution in [-0.4, -0.2) is 39.1 Å². The van der Waals surface area contributed by atoms with Crippen molar-refractivity contribution in [3.05, 3.63) is 83.2 Å². The zero-order valence-electron chi connectivity index (χ0n) is 15.7. The maximum absolute atomic E-state index is 13.1. The van der Waals surface area contributed by atoms with Crippen LogP contribution in [0.2, 0.25) is 5.02 Å². The Kier molecular flexibility index (Phi) is 4.45. The number of benzene rings is 2. The van der Waals surface area contributed by atoms with Crippen molar-refractivity contribution in [3.8, 4) is 11.3 Å². The minimum absolute atomic E-state index is 0.0158. The number of aromatic amines is 2. The Morgan fingerprint density at radius 3 is 2.72 bits per heavy atom. The van der Waals surface area contributed by atoms with E-state index < -0.39 is 0 Å². The Morgan fingerprint density at radius 1 is 1.10 bits per heavy atom. The fraction of sp³-hybridized carbons (Fsp3) is 0.130. The molecule has 5 rings (SSSR count). The SMILES string of the molecule is O=C(c1cn[nH]c1-c1ccc(Cl)cc1)N1CC=C(c2c[nH]c3ccccc23)CC1. The molecule has 2 N–H and O–H groups in total. The van der Waals surface area contributed by atoms with Gasteiger partial charge in [0.05, 0.1) is 17.5 Å². The predicted molar refractivity (Wildman–Crippen MR) is 116 cm³/mol. The first-order valence-corrected chi connectivity index (χ1v) is 9.92. The van der Waals surface area contributed by atoms with Gasteiger partial charge in [0.15, 0.2) is 0 Å². The fourth-order valence-corrected chi connectivity index (χ4v) is 4.02. The Morgan fingerprint density at radius 2 is 1.93 bits per heavy atom. The van der Waals surface area contributed by atoms with Crippen LogP contribution in [0.5, 0.6) is 0 Å². The minimum atomic E-state index is -0.0158. The molecule has 1 aliphatic rings. The van der Waals surface area contributed by atoms with Crippen LogP contribution >= 0.6 is 11.6 Å². The van der Waals surface area contributed by atoms with Gasteiger partial charge in [-0.2, -0.15) is 5.10 Å². The highest BCUT2D eigenvalue weighted by atomic mass is 35.5. The maximum Gasteiger partial charge on any atom is 0.257 e. The van der Waals surface area contributed by atoms with Crippen LogP contribution in [0.4, 0.5) is 0 Å². The van der Waals surface area contributed by atoms with Gasteiger partial charge in [0, 0.05) is 46.3 Å². The van der Waals surface area contributed by atoms with E-state index >= 15 is 0 Å². The Labute approximate surface area is 173 Å². The molecule has 29 heavy (non-hydrogen) atoms. The summed E-state index contributed by atoms with van der Waals surface area (Å²) in [6.45, 7) is 1.26. The van der Waals surface area contributed by atoms with Gasteiger partial charge in [-0.05, 0) is 30.2 Å². The van der Waals surface area contributed by atoms with Crippen LogP contribution in [0.3, 0.4) is 0 Å². The van der Waals surface area contributed by atoms with Gasteiger partial charge in [-0.25, -0.2) is 0 Å². The molecule has 0 saturated heterocycles. The van der Waals surface area contributed by atoms with Gasteiger partial charge in [-0.1, -0.05) is 48.0 Å². The highest BCUT2D eigenvalue weighted by Gasteiger charge is 2.24.